The average Bonchev–Trinajstić information content (AvgIpc) is 2.70. The molecule has 1 aromatic heterocycles. The van der Waals surface area contributed by atoms with Gasteiger partial charge in [0.25, 0.3) is 5.91 Å². The fraction of sp³-hybridized carbons (Fsp3) is 0.444. The largest absolute Gasteiger partial charge is 0.393 e. The first kappa shape index (κ1) is 11.6. The van der Waals surface area contributed by atoms with Crippen molar-refractivity contribution in [2.75, 3.05) is 13.1 Å². The monoisotopic (exact) mass is 227 g/mol. The Balaban J connectivity index is 2.59. The highest BCUT2D eigenvalue weighted by Gasteiger charge is 2.16. The van der Waals surface area contributed by atoms with Gasteiger partial charge in [-0.1, -0.05) is 17.4 Å². The molecule has 0 aliphatic heterocycles. The molecule has 0 aliphatic rings. The smallest absolute Gasteiger partial charge is 0.276 e. The first-order valence-corrected chi connectivity index (χ1v) is 5.04. The molecule has 0 spiro atoms. The predicted octanol–water partition coefficient (Wildman–Crippen LogP) is 0.813. The van der Waals surface area contributed by atoms with Crippen LogP contribution >= 0.6 is 12.2 Å². The van der Waals surface area contributed by atoms with E-state index < -0.39 is 0 Å². The second-order valence-electron chi connectivity index (χ2n) is 2.99. The van der Waals surface area contributed by atoms with Crippen molar-refractivity contribution in [3.05, 3.63) is 18.0 Å². The lowest BCUT2D eigenvalue weighted by Gasteiger charge is -2.18. The molecule has 0 bridgehead atoms. The van der Waals surface area contributed by atoms with Crippen molar-refractivity contribution >= 4 is 23.1 Å². The molecule has 1 heterocycles. The Labute approximate surface area is 93.2 Å². The van der Waals surface area contributed by atoms with Gasteiger partial charge in [-0.2, -0.15) is 0 Å². The highest BCUT2D eigenvalue weighted by Crippen LogP contribution is 2.02. The number of nitrogens with two attached hydrogens (primary N) is 1. The summed E-state index contributed by atoms with van der Waals surface area (Å²) in [4.78, 5) is 13.8. The summed E-state index contributed by atoms with van der Waals surface area (Å²) in [7, 11) is 0. The highest BCUT2D eigenvalue weighted by molar-refractivity contribution is 7.80. The first-order valence-electron chi connectivity index (χ1n) is 4.63. The van der Waals surface area contributed by atoms with Gasteiger partial charge in [-0.25, -0.2) is 0 Å². The van der Waals surface area contributed by atoms with Crippen LogP contribution < -0.4 is 5.73 Å². The molecule has 2 N–H and O–H groups in total. The van der Waals surface area contributed by atoms with Crippen molar-refractivity contribution in [1.29, 1.82) is 0 Å². The molecule has 0 fully saturated rings. The van der Waals surface area contributed by atoms with Crippen LogP contribution in [-0.2, 0) is 0 Å². The Bertz CT molecular complexity index is 337. The van der Waals surface area contributed by atoms with E-state index in [0.29, 0.717) is 30.2 Å². The minimum atomic E-state index is -0.164. The summed E-state index contributed by atoms with van der Waals surface area (Å²) in [6, 6.07) is 1.53. The molecule has 0 radical (unpaired) electrons. The van der Waals surface area contributed by atoms with Crippen LogP contribution in [0.25, 0.3) is 0 Å². The van der Waals surface area contributed by atoms with Crippen LogP contribution in [0.2, 0.25) is 0 Å². The van der Waals surface area contributed by atoms with Crippen LogP contribution in [0.1, 0.15) is 23.8 Å². The van der Waals surface area contributed by atoms with Crippen LogP contribution in [0.5, 0.6) is 0 Å². The molecular weight excluding hydrogens is 214 g/mol. The van der Waals surface area contributed by atoms with Crippen molar-refractivity contribution in [2.45, 2.75) is 13.3 Å². The number of rotatable bonds is 5. The predicted molar refractivity (Wildman–Crippen MR) is 59.5 cm³/mol. The molecule has 6 heteroatoms. The molecule has 0 unspecified atom stereocenters. The molecule has 1 aromatic rings. The van der Waals surface area contributed by atoms with Crippen LogP contribution in [0.15, 0.2) is 16.9 Å². The topological polar surface area (TPSA) is 72.4 Å². The maximum Gasteiger partial charge on any atom is 0.276 e. The van der Waals surface area contributed by atoms with Gasteiger partial charge in [0.1, 0.15) is 6.26 Å². The standard InChI is InChI=1S/C9H13N3O2S/c1-2-12(5-3-8(10)15)9(13)7-4-6-14-11-7/h4,6H,2-3,5H2,1H3,(H2,10,15). The normalized spacial score (nSPS) is 9.93. The molecule has 0 atom stereocenters. The van der Waals surface area contributed by atoms with E-state index in [1.807, 2.05) is 6.92 Å². The Morgan fingerprint density at radius 3 is 2.93 bits per heavy atom. The van der Waals surface area contributed by atoms with E-state index in [9.17, 15) is 4.79 Å². The maximum absolute atomic E-state index is 11.8. The Morgan fingerprint density at radius 2 is 2.47 bits per heavy atom. The minimum absolute atomic E-state index is 0.164. The fourth-order valence-corrected chi connectivity index (χ4v) is 1.22. The van der Waals surface area contributed by atoms with Gasteiger partial charge in [-0.3, -0.25) is 4.79 Å². The zero-order valence-corrected chi connectivity index (χ0v) is 9.29. The van der Waals surface area contributed by atoms with Crippen molar-refractivity contribution < 1.29 is 9.32 Å². The summed E-state index contributed by atoms with van der Waals surface area (Å²) in [6.07, 6.45) is 1.89. The van der Waals surface area contributed by atoms with Crippen LogP contribution in [0, 0.1) is 0 Å². The Kier molecular flexibility index (Phi) is 4.23. The maximum atomic E-state index is 11.8. The second kappa shape index (κ2) is 5.45. The van der Waals surface area contributed by atoms with Gasteiger partial charge in [0.2, 0.25) is 0 Å². The summed E-state index contributed by atoms with van der Waals surface area (Å²) in [5.74, 6) is -0.164. The summed E-state index contributed by atoms with van der Waals surface area (Å²) in [6.45, 7) is 2.99. The van der Waals surface area contributed by atoms with Gasteiger partial charge >= 0.3 is 0 Å². The quantitative estimate of drug-likeness (QED) is 0.754. The third-order valence-corrected chi connectivity index (χ3v) is 2.16. The SMILES string of the molecule is CCN(CCC(N)=S)C(=O)c1ccon1. The van der Waals surface area contributed by atoms with E-state index in [-0.39, 0.29) is 5.91 Å². The van der Waals surface area contributed by atoms with Crippen molar-refractivity contribution in [1.82, 2.24) is 10.1 Å². The number of aromatic nitrogens is 1. The molecule has 0 saturated carbocycles. The molecule has 5 nitrogen and oxygen atoms in total. The average molecular weight is 227 g/mol. The van der Waals surface area contributed by atoms with E-state index in [0.717, 1.165) is 0 Å². The van der Waals surface area contributed by atoms with Gasteiger partial charge in [0, 0.05) is 25.6 Å². The second-order valence-corrected chi connectivity index (χ2v) is 3.51. The van der Waals surface area contributed by atoms with Gasteiger partial charge in [-0.15, -0.1) is 0 Å². The first-order chi connectivity index (χ1) is 7.15. The number of carbonyl (C=O) groups excluding carboxylic acids is 1. The van der Waals surface area contributed by atoms with E-state index in [1.165, 1.54) is 12.3 Å². The number of hydrogen-bond donors (Lipinski definition) is 1. The lowest BCUT2D eigenvalue weighted by molar-refractivity contribution is 0.0758. The molecule has 0 aliphatic carbocycles. The summed E-state index contributed by atoms with van der Waals surface area (Å²) in [5, 5.41) is 3.58. The number of nitrogens with zero attached hydrogens (tertiary/aromatic N) is 2. The molecule has 82 valence electrons. The van der Waals surface area contributed by atoms with Crippen molar-refractivity contribution in [2.24, 2.45) is 5.73 Å². The number of hydrogen-bond acceptors (Lipinski definition) is 4. The van der Waals surface area contributed by atoms with E-state index in [2.05, 4.69) is 9.68 Å². The number of thiocarbonyl (C=S) groups is 1. The molecule has 1 amide bonds. The number of amides is 1. The zero-order chi connectivity index (χ0) is 11.3. The highest BCUT2D eigenvalue weighted by atomic mass is 32.1. The molecule has 15 heavy (non-hydrogen) atoms. The molecule has 0 aromatic carbocycles. The van der Waals surface area contributed by atoms with E-state index in [4.69, 9.17) is 18.0 Å². The van der Waals surface area contributed by atoms with Gasteiger partial charge in [0.15, 0.2) is 5.69 Å². The van der Waals surface area contributed by atoms with Crippen LogP contribution in [0.3, 0.4) is 0 Å². The van der Waals surface area contributed by atoms with Gasteiger partial charge in [-0.05, 0) is 6.92 Å². The van der Waals surface area contributed by atoms with E-state index in [1.54, 1.807) is 4.90 Å². The third-order valence-electron chi connectivity index (χ3n) is 1.95. The fourth-order valence-electron chi connectivity index (χ4n) is 1.13. The summed E-state index contributed by atoms with van der Waals surface area (Å²) < 4.78 is 4.61. The lowest BCUT2D eigenvalue weighted by atomic mass is 10.3. The summed E-state index contributed by atoms with van der Waals surface area (Å²) in [5.41, 5.74) is 5.68. The van der Waals surface area contributed by atoms with Crippen LogP contribution in [0.4, 0.5) is 0 Å². The molecule has 1 rings (SSSR count). The minimum Gasteiger partial charge on any atom is -0.393 e. The molecule has 0 saturated heterocycles. The van der Waals surface area contributed by atoms with E-state index >= 15 is 0 Å². The number of carbonyl (C=O) groups is 1. The Hall–Kier alpha value is -1.43. The van der Waals surface area contributed by atoms with Crippen LogP contribution in [-0.4, -0.2) is 34.0 Å². The zero-order valence-electron chi connectivity index (χ0n) is 8.47. The van der Waals surface area contributed by atoms with Gasteiger partial charge < -0.3 is 15.2 Å². The summed E-state index contributed by atoms with van der Waals surface area (Å²) >= 11 is 4.75. The molecular formula is C9H13N3O2S. The lowest BCUT2D eigenvalue weighted by Crippen LogP contribution is -2.33. The van der Waals surface area contributed by atoms with Crippen molar-refractivity contribution in [3.63, 3.8) is 0 Å². The van der Waals surface area contributed by atoms with Gasteiger partial charge in [0.05, 0.1) is 4.99 Å². The third kappa shape index (κ3) is 3.32. The van der Waals surface area contributed by atoms with Crippen molar-refractivity contribution in [3.8, 4) is 0 Å². The Morgan fingerprint density at radius 1 is 1.73 bits per heavy atom.